The van der Waals surface area contributed by atoms with Crippen LogP contribution in [0.5, 0.6) is 0 Å². The molecule has 0 aromatic heterocycles. The molecular weight excluding hydrogens is 296 g/mol. The number of hydrogen-bond acceptors (Lipinski definition) is 5. The second kappa shape index (κ2) is 7.62. The number of aromatic carboxylic acids is 1. The first-order valence-corrected chi connectivity index (χ1v) is 7.27. The minimum Gasteiger partial charge on any atom is -0.478 e. The number of benzene rings is 2. The van der Waals surface area contributed by atoms with E-state index in [0.717, 1.165) is 5.69 Å². The number of hydrogen-bond donors (Lipinski definition) is 4. The van der Waals surface area contributed by atoms with E-state index < -0.39 is 5.97 Å². The lowest BCUT2D eigenvalue weighted by molar-refractivity contribution is 0.0697. The zero-order valence-electron chi connectivity index (χ0n) is 12.6. The Hall–Kier alpha value is -2.57. The molecule has 2 aromatic carbocycles. The van der Waals surface area contributed by atoms with Crippen LogP contribution in [-0.4, -0.2) is 47.6 Å². The average Bonchev–Trinajstić information content (AvgIpc) is 2.54. The van der Waals surface area contributed by atoms with Crippen LogP contribution in [0.4, 0.5) is 11.4 Å². The quantitative estimate of drug-likeness (QED) is 0.576. The lowest BCUT2D eigenvalue weighted by atomic mass is 9.97. The third kappa shape index (κ3) is 3.80. The number of carbonyl (C=O) groups is 1. The molecule has 6 nitrogen and oxygen atoms in total. The molecule has 0 radical (unpaired) electrons. The molecule has 23 heavy (non-hydrogen) atoms. The van der Waals surface area contributed by atoms with E-state index in [-0.39, 0.29) is 18.8 Å². The molecule has 5 N–H and O–H groups in total. The van der Waals surface area contributed by atoms with Gasteiger partial charge in [-0.05, 0) is 29.8 Å². The number of carboxylic acids is 1. The zero-order valence-corrected chi connectivity index (χ0v) is 12.6. The topological polar surface area (TPSA) is 107 Å². The Balaban J connectivity index is 2.62. The van der Waals surface area contributed by atoms with Crippen molar-refractivity contribution in [2.75, 3.05) is 36.9 Å². The summed E-state index contributed by atoms with van der Waals surface area (Å²) in [6.45, 7) is 0.494. The maximum Gasteiger partial charge on any atom is 0.336 e. The monoisotopic (exact) mass is 316 g/mol. The molecule has 0 saturated carbocycles. The van der Waals surface area contributed by atoms with Crippen LogP contribution in [0.25, 0.3) is 11.1 Å². The lowest BCUT2D eigenvalue weighted by Crippen LogP contribution is -2.30. The smallest absolute Gasteiger partial charge is 0.336 e. The fraction of sp³-hybridized carbons (Fsp3) is 0.235. The highest BCUT2D eigenvalue weighted by molar-refractivity contribution is 5.98. The van der Waals surface area contributed by atoms with Gasteiger partial charge in [-0.25, -0.2) is 4.79 Å². The Labute approximate surface area is 134 Å². The molecule has 0 spiro atoms. The molecular formula is C17H20N2O4. The van der Waals surface area contributed by atoms with Gasteiger partial charge in [-0.3, -0.25) is 0 Å². The molecule has 0 aliphatic heterocycles. The van der Waals surface area contributed by atoms with E-state index in [1.807, 2.05) is 0 Å². The van der Waals surface area contributed by atoms with Crippen molar-refractivity contribution in [1.29, 1.82) is 0 Å². The van der Waals surface area contributed by atoms with Gasteiger partial charge >= 0.3 is 5.97 Å². The molecule has 0 bridgehead atoms. The van der Waals surface area contributed by atoms with Crippen LogP contribution in [0, 0.1) is 0 Å². The Morgan fingerprint density at radius 1 is 1.00 bits per heavy atom. The normalized spacial score (nSPS) is 10.5. The van der Waals surface area contributed by atoms with Crippen LogP contribution in [-0.2, 0) is 0 Å². The van der Waals surface area contributed by atoms with Crippen LogP contribution in [0.3, 0.4) is 0 Å². The Kier molecular flexibility index (Phi) is 5.56. The van der Waals surface area contributed by atoms with E-state index >= 15 is 0 Å². The van der Waals surface area contributed by atoms with Gasteiger partial charge in [0.1, 0.15) is 0 Å². The Morgan fingerprint density at radius 3 is 2.26 bits per heavy atom. The van der Waals surface area contributed by atoms with Crippen molar-refractivity contribution in [2.45, 2.75) is 0 Å². The van der Waals surface area contributed by atoms with E-state index in [4.69, 9.17) is 5.73 Å². The van der Waals surface area contributed by atoms with Crippen molar-refractivity contribution in [3.05, 3.63) is 48.0 Å². The summed E-state index contributed by atoms with van der Waals surface area (Å²) in [5.74, 6) is -1.02. The van der Waals surface area contributed by atoms with Crippen molar-refractivity contribution in [2.24, 2.45) is 0 Å². The molecule has 0 unspecified atom stereocenters. The standard InChI is InChI=1S/C17H20N2O4/c18-12-5-6-16(19(7-9-20)8-10-21)15(11-12)13-3-1-2-4-14(13)17(22)23/h1-6,11,20-21H,7-10,18H2,(H,22,23). The summed E-state index contributed by atoms with van der Waals surface area (Å²) < 4.78 is 0. The number of anilines is 2. The van der Waals surface area contributed by atoms with Gasteiger partial charge < -0.3 is 26.0 Å². The molecule has 6 heteroatoms. The van der Waals surface area contributed by atoms with Gasteiger partial charge in [0.25, 0.3) is 0 Å². The second-order valence-corrected chi connectivity index (χ2v) is 5.06. The van der Waals surface area contributed by atoms with Gasteiger partial charge in [0, 0.05) is 30.0 Å². The van der Waals surface area contributed by atoms with E-state index in [0.29, 0.717) is 29.9 Å². The van der Waals surface area contributed by atoms with Gasteiger partial charge in [-0.2, -0.15) is 0 Å². The number of aliphatic hydroxyl groups excluding tert-OH is 2. The second-order valence-electron chi connectivity index (χ2n) is 5.06. The maximum atomic E-state index is 11.5. The summed E-state index contributed by atoms with van der Waals surface area (Å²) in [6.07, 6.45) is 0. The molecule has 0 amide bonds. The van der Waals surface area contributed by atoms with Crippen molar-refractivity contribution in [1.82, 2.24) is 0 Å². The molecule has 2 aromatic rings. The van der Waals surface area contributed by atoms with Gasteiger partial charge in [0.05, 0.1) is 18.8 Å². The van der Waals surface area contributed by atoms with Crippen LogP contribution >= 0.6 is 0 Å². The van der Waals surface area contributed by atoms with Crippen molar-refractivity contribution in [3.63, 3.8) is 0 Å². The SMILES string of the molecule is Nc1ccc(N(CCO)CCO)c(-c2ccccc2C(=O)O)c1. The Morgan fingerprint density at radius 2 is 1.65 bits per heavy atom. The molecule has 0 saturated heterocycles. The van der Waals surface area contributed by atoms with Crippen LogP contribution in [0.15, 0.2) is 42.5 Å². The summed E-state index contributed by atoms with van der Waals surface area (Å²) in [4.78, 5) is 13.3. The predicted molar refractivity (Wildman–Crippen MR) is 89.6 cm³/mol. The number of nitrogens with two attached hydrogens (primary N) is 1. The largest absolute Gasteiger partial charge is 0.478 e. The summed E-state index contributed by atoms with van der Waals surface area (Å²) in [7, 11) is 0. The third-order valence-electron chi connectivity index (χ3n) is 3.55. The first-order chi connectivity index (χ1) is 11.1. The molecule has 0 fully saturated rings. The van der Waals surface area contributed by atoms with Gasteiger partial charge in [0.15, 0.2) is 0 Å². The fourth-order valence-electron chi connectivity index (χ4n) is 2.54. The molecule has 0 aliphatic carbocycles. The molecule has 2 rings (SSSR count). The van der Waals surface area contributed by atoms with Crippen LogP contribution in [0.2, 0.25) is 0 Å². The molecule has 0 heterocycles. The van der Waals surface area contributed by atoms with Crippen LogP contribution in [0.1, 0.15) is 10.4 Å². The van der Waals surface area contributed by atoms with E-state index in [9.17, 15) is 20.1 Å². The number of nitrogen functional groups attached to an aromatic ring is 1. The first kappa shape index (κ1) is 16.8. The molecule has 122 valence electrons. The highest BCUT2D eigenvalue weighted by Crippen LogP contribution is 2.34. The van der Waals surface area contributed by atoms with E-state index in [1.165, 1.54) is 6.07 Å². The van der Waals surface area contributed by atoms with Gasteiger partial charge in [-0.15, -0.1) is 0 Å². The molecule has 0 aliphatic rings. The highest BCUT2D eigenvalue weighted by atomic mass is 16.4. The van der Waals surface area contributed by atoms with E-state index in [2.05, 4.69) is 0 Å². The lowest BCUT2D eigenvalue weighted by Gasteiger charge is -2.26. The third-order valence-corrected chi connectivity index (χ3v) is 3.55. The summed E-state index contributed by atoms with van der Waals surface area (Å²) in [5, 5.41) is 27.9. The fourth-order valence-corrected chi connectivity index (χ4v) is 2.54. The number of aliphatic hydroxyl groups is 2. The van der Waals surface area contributed by atoms with Crippen LogP contribution < -0.4 is 10.6 Å². The predicted octanol–water partition coefficient (Wildman–Crippen LogP) is 1.43. The summed E-state index contributed by atoms with van der Waals surface area (Å²) >= 11 is 0. The number of nitrogens with zero attached hydrogens (tertiary/aromatic N) is 1. The summed E-state index contributed by atoms with van der Waals surface area (Å²) in [5.41, 5.74) is 8.48. The minimum absolute atomic E-state index is 0.0790. The minimum atomic E-state index is -1.02. The van der Waals surface area contributed by atoms with Crippen molar-refractivity contribution >= 4 is 17.3 Å². The van der Waals surface area contributed by atoms with Gasteiger partial charge in [0.2, 0.25) is 0 Å². The van der Waals surface area contributed by atoms with Gasteiger partial charge in [-0.1, -0.05) is 18.2 Å². The van der Waals surface area contributed by atoms with Crippen molar-refractivity contribution in [3.8, 4) is 11.1 Å². The molecule has 0 atom stereocenters. The first-order valence-electron chi connectivity index (χ1n) is 7.27. The maximum absolute atomic E-state index is 11.5. The van der Waals surface area contributed by atoms with E-state index in [1.54, 1.807) is 41.3 Å². The number of carboxylic acid groups (broad SMARTS) is 1. The summed E-state index contributed by atoms with van der Waals surface area (Å²) in [6, 6.07) is 11.9. The number of rotatable bonds is 7. The highest BCUT2D eigenvalue weighted by Gasteiger charge is 2.17. The Bertz CT molecular complexity index is 682. The average molecular weight is 316 g/mol. The zero-order chi connectivity index (χ0) is 16.8. The van der Waals surface area contributed by atoms with Crippen molar-refractivity contribution < 1.29 is 20.1 Å².